The van der Waals surface area contributed by atoms with Gasteiger partial charge in [0.2, 0.25) is 15.9 Å². The molecule has 0 aliphatic carbocycles. The molecule has 27 heavy (non-hydrogen) atoms. The molecule has 0 radical (unpaired) electrons. The molecule has 1 amide bonds. The van der Waals surface area contributed by atoms with Gasteiger partial charge in [-0.25, -0.2) is 8.42 Å². The zero-order valence-electron chi connectivity index (χ0n) is 14.9. The summed E-state index contributed by atoms with van der Waals surface area (Å²) in [4.78, 5) is 12.2. The second-order valence-corrected chi connectivity index (χ2v) is 8.61. The van der Waals surface area contributed by atoms with Crippen molar-refractivity contribution in [3.05, 3.63) is 29.8 Å². The molecule has 3 N–H and O–H groups in total. The van der Waals surface area contributed by atoms with E-state index in [-0.39, 0.29) is 11.3 Å². The summed E-state index contributed by atoms with van der Waals surface area (Å²) < 4.78 is 64.0. The molecule has 6 nitrogen and oxygen atoms in total. The fraction of sp³-hybridized carbons (Fsp3) is 0.562. The maximum atomic E-state index is 12.4. The summed E-state index contributed by atoms with van der Waals surface area (Å²) >= 11 is 1.40. The van der Waals surface area contributed by atoms with Gasteiger partial charge < -0.3 is 10.4 Å². The quantitative estimate of drug-likeness (QED) is 0.529. The number of amides is 1. The highest BCUT2D eigenvalue weighted by molar-refractivity contribution is 7.98. The molecule has 0 aliphatic rings. The summed E-state index contributed by atoms with van der Waals surface area (Å²) in [7, 11) is -3.97. The van der Waals surface area contributed by atoms with E-state index < -0.39 is 47.2 Å². The molecule has 2 atom stereocenters. The van der Waals surface area contributed by atoms with Crippen molar-refractivity contribution in [2.45, 2.75) is 43.0 Å². The van der Waals surface area contributed by atoms with E-state index in [1.54, 1.807) is 25.3 Å². The van der Waals surface area contributed by atoms with Gasteiger partial charge in [0.25, 0.3) is 0 Å². The summed E-state index contributed by atoms with van der Waals surface area (Å²) in [5.41, 5.74) is 0.869. The number of aliphatic hydroxyl groups is 1. The summed E-state index contributed by atoms with van der Waals surface area (Å²) in [5, 5.41) is 11.2. The smallest absolute Gasteiger partial charge is 0.384 e. The van der Waals surface area contributed by atoms with E-state index in [0.717, 1.165) is 5.56 Å². The Kier molecular flexibility index (Phi) is 9.06. The standard InChI is InChI=1S/C16H23F3N2O4S2/c1-11-3-5-12(6-4-11)27(24,25)21-13(8-10-26-2)15(23)20-9-7-14(22)16(17,18)19/h3-6,13-14,21-22H,7-10H2,1-2H3,(H,20,23)/t13-,14-/m1/s1. The minimum absolute atomic E-state index is 0.0115. The lowest BCUT2D eigenvalue weighted by molar-refractivity contribution is -0.205. The second kappa shape index (κ2) is 10.3. The van der Waals surface area contributed by atoms with Gasteiger partial charge in [-0.3, -0.25) is 4.79 Å². The zero-order valence-corrected chi connectivity index (χ0v) is 16.5. The lowest BCUT2D eigenvalue weighted by Crippen LogP contribution is -2.47. The van der Waals surface area contributed by atoms with Crippen LogP contribution >= 0.6 is 11.8 Å². The van der Waals surface area contributed by atoms with Crippen LogP contribution in [0.5, 0.6) is 0 Å². The number of hydrogen-bond acceptors (Lipinski definition) is 5. The van der Waals surface area contributed by atoms with E-state index in [9.17, 15) is 26.4 Å². The van der Waals surface area contributed by atoms with Crippen molar-refractivity contribution in [1.82, 2.24) is 10.0 Å². The molecule has 0 heterocycles. The molecule has 1 aromatic carbocycles. The van der Waals surface area contributed by atoms with Gasteiger partial charge in [-0.2, -0.15) is 29.7 Å². The molecule has 0 aromatic heterocycles. The van der Waals surface area contributed by atoms with Crippen molar-refractivity contribution in [2.24, 2.45) is 0 Å². The first-order valence-corrected chi connectivity index (χ1v) is 11.0. The van der Waals surface area contributed by atoms with E-state index in [0.29, 0.717) is 5.75 Å². The molecule has 0 unspecified atom stereocenters. The predicted molar refractivity (Wildman–Crippen MR) is 98.0 cm³/mol. The molecular weight excluding hydrogens is 405 g/mol. The van der Waals surface area contributed by atoms with Gasteiger partial charge in [-0.05, 0) is 43.9 Å². The number of carbonyl (C=O) groups excluding carboxylic acids is 1. The third kappa shape index (κ3) is 8.08. The Bertz CT molecular complexity index is 709. The average molecular weight is 428 g/mol. The highest BCUT2D eigenvalue weighted by Gasteiger charge is 2.37. The molecule has 0 aliphatic heterocycles. The summed E-state index contributed by atoms with van der Waals surface area (Å²) in [6.45, 7) is 1.37. The molecule has 0 spiro atoms. The zero-order chi connectivity index (χ0) is 20.7. The molecule has 1 rings (SSSR count). The number of alkyl halides is 3. The van der Waals surface area contributed by atoms with Crippen LogP contribution in [0.1, 0.15) is 18.4 Å². The van der Waals surface area contributed by atoms with E-state index >= 15 is 0 Å². The van der Waals surface area contributed by atoms with Crippen LogP contribution < -0.4 is 10.0 Å². The number of aliphatic hydroxyl groups excluding tert-OH is 1. The van der Waals surface area contributed by atoms with Crippen molar-refractivity contribution >= 4 is 27.7 Å². The number of hydrogen-bond donors (Lipinski definition) is 3. The first kappa shape index (κ1) is 23.7. The van der Waals surface area contributed by atoms with Gasteiger partial charge in [0.05, 0.1) is 4.90 Å². The second-order valence-electron chi connectivity index (χ2n) is 5.91. The van der Waals surface area contributed by atoms with Crippen LogP contribution in [-0.2, 0) is 14.8 Å². The maximum Gasteiger partial charge on any atom is 0.414 e. The fourth-order valence-electron chi connectivity index (χ4n) is 2.07. The van der Waals surface area contributed by atoms with Gasteiger partial charge in [-0.1, -0.05) is 17.7 Å². The van der Waals surface area contributed by atoms with Gasteiger partial charge in [-0.15, -0.1) is 0 Å². The van der Waals surface area contributed by atoms with Gasteiger partial charge in [0.1, 0.15) is 6.04 Å². The fourth-order valence-corrected chi connectivity index (χ4v) is 3.77. The summed E-state index contributed by atoms with van der Waals surface area (Å²) in [6, 6.07) is 4.90. The van der Waals surface area contributed by atoms with Crippen molar-refractivity contribution in [3.8, 4) is 0 Å². The topological polar surface area (TPSA) is 95.5 Å². The van der Waals surface area contributed by atoms with Crippen LogP contribution in [0.15, 0.2) is 29.2 Å². The third-order valence-electron chi connectivity index (χ3n) is 3.65. The molecule has 0 saturated carbocycles. The number of aryl methyl sites for hydroxylation is 1. The molecule has 0 saturated heterocycles. The first-order chi connectivity index (χ1) is 12.5. The number of nitrogens with one attached hydrogen (secondary N) is 2. The monoisotopic (exact) mass is 428 g/mol. The summed E-state index contributed by atoms with van der Waals surface area (Å²) in [5.74, 6) is -0.270. The van der Waals surface area contributed by atoms with Crippen LogP contribution in [0.25, 0.3) is 0 Å². The van der Waals surface area contributed by atoms with Gasteiger partial charge in [0, 0.05) is 6.54 Å². The maximum absolute atomic E-state index is 12.4. The van der Waals surface area contributed by atoms with Crippen LogP contribution in [0.2, 0.25) is 0 Å². The average Bonchev–Trinajstić information content (AvgIpc) is 2.57. The first-order valence-electron chi connectivity index (χ1n) is 8.08. The number of rotatable bonds is 10. The van der Waals surface area contributed by atoms with Crippen LogP contribution in [-0.4, -0.2) is 56.3 Å². The highest BCUT2D eigenvalue weighted by Crippen LogP contribution is 2.21. The van der Waals surface area contributed by atoms with E-state index in [2.05, 4.69) is 10.0 Å². The Morgan fingerprint density at radius 3 is 2.33 bits per heavy atom. The minimum atomic E-state index is -4.77. The van der Waals surface area contributed by atoms with Crippen molar-refractivity contribution in [2.75, 3.05) is 18.6 Å². The lowest BCUT2D eigenvalue weighted by Gasteiger charge is -2.19. The number of carbonyl (C=O) groups is 1. The minimum Gasteiger partial charge on any atom is -0.384 e. The van der Waals surface area contributed by atoms with Crippen molar-refractivity contribution in [3.63, 3.8) is 0 Å². The predicted octanol–water partition coefficient (Wildman–Crippen LogP) is 1.82. The Morgan fingerprint density at radius 2 is 1.81 bits per heavy atom. The number of sulfonamides is 1. The van der Waals surface area contributed by atoms with Crippen molar-refractivity contribution in [1.29, 1.82) is 0 Å². The van der Waals surface area contributed by atoms with E-state index in [4.69, 9.17) is 5.11 Å². The van der Waals surface area contributed by atoms with E-state index in [1.165, 1.54) is 23.9 Å². The molecular formula is C16H23F3N2O4S2. The van der Waals surface area contributed by atoms with Crippen molar-refractivity contribution < 1.29 is 31.5 Å². The van der Waals surface area contributed by atoms with Gasteiger partial charge >= 0.3 is 6.18 Å². The normalized spacial score (nSPS) is 14.6. The Balaban J connectivity index is 2.76. The van der Waals surface area contributed by atoms with E-state index in [1.807, 2.05) is 0 Å². The number of benzene rings is 1. The Morgan fingerprint density at radius 1 is 1.22 bits per heavy atom. The SMILES string of the molecule is CSCC[C@@H](NS(=O)(=O)c1ccc(C)cc1)C(=O)NCC[C@@H](O)C(F)(F)F. The summed E-state index contributed by atoms with van der Waals surface area (Å²) in [6.07, 6.45) is -6.08. The third-order valence-corrected chi connectivity index (χ3v) is 5.78. The molecule has 1 aromatic rings. The lowest BCUT2D eigenvalue weighted by atomic mass is 10.2. The molecule has 0 bridgehead atoms. The van der Waals surface area contributed by atoms with Crippen LogP contribution in [0.4, 0.5) is 13.2 Å². The Labute approximate surface area is 161 Å². The molecule has 11 heteroatoms. The van der Waals surface area contributed by atoms with Crippen LogP contribution in [0.3, 0.4) is 0 Å². The highest BCUT2D eigenvalue weighted by atomic mass is 32.2. The molecule has 0 fully saturated rings. The number of halogens is 3. The largest absolute Gasteiger partial charge is 0.414 e. The molecule has 154 valence electrons. The van der Waals surface area contributed by atoms with Crippen LogP contribution in [0, 0.1) is 6.92 Å². The van der Waals surface area contributed by atoms with Gasteiger partial charge in [0.15, 0.2) is 6.10 Å². The Hall–Kier alpha value is -1.30. The number of thioether (sulfide) groups is 1.